The van der Waals surface area contributed by atoms with E-state index in [2.05, 4.69) is 0 Å². The smallest absolute Gasteiger partial charge is 0.273 e. The Labute approximate surface area is 110 Å². The summed E-state index contributed by atoms with van der Waals surface area (Å²) in [6.45, 7) is 1.04. The van der Waals surface area contributed by atoms with Crippen LogP contribution in [0.4, 0.5) is 5.69 Å². The zero-order valence-electron chi connectivity index (χ0n) is 10.3. The summed E-state index contributed by atoms with van der Waals surface area (Å²) in [5.41, 5.74) is 5.65. The fraction of sp³-hybridized carbons (Fsp3) is 0.417. The molecule has 1 heterocycles. The van der Waals surface area contributed by atoms with Crippen molar-refractivity contribution in [3.63, 3.8) is 0 Å². The highest BCUT2D eigenvalue weighted by molar-refractivity contribution is 5.78. The summed E-state index contributed by atoms with van der Waals surface area (Å²) in [7, 11) is 0. The second-order valence-corrected chi connectivity index (χ2v) is 4.43. The van der Waals surface area contributed by atoms with Crippen LogP contribution in [0.3, 0.4) is 0 Å². The van der Waals surface area contributed by atoms with Crippen LogP contribution < -0.4 is 10.5 Å². The highest BCUT2D eigenvalue weighted by Crippen LogP contribution is 2.19. The van der Waals surface area contributed by atoms with Crippen molar-refractivity contribution in [2.75, 3.05) is 19.7 Å². The van der Waals surface area contributed by atoms with Crippen molar-refractivity contribution in [1.29, 1.82) is 0 Å². The van der Waals surface area contributed by atoms with Gasteiger partial charge in [-0.1, -0.05) is 6.07 Å². The minimum atomic E-state index is -0.506. The molecule has 2 rings (SSSR count). The monoisotopic (exact) mass is 265 g/mol. The average Bonchev–Trinajstić information content (AvgIpc) is 2.83. The van der Waals surface area contributed by atoms with Crippen LogP contribution in [-0.2, 0) is 4.79 Å². The number of benzene rings is 1. The molecule has 0 unspecified atom stereocenters. The maximum Gasteiger partial charge on any atom is 0.273 e. The lowest BCUT2D eigenvalue weighted by Crippen LogP contribution is -2.35. The van der Waals surface area contributed by atoms with E-state index in [-0.39, 0.29) is 24.2 Å². The molecule has 102 valence electrons. The summed E-state index contributed by atoms with van der Waals surface area (Å²) in [6, 6.07) is 5.79. The number of hydrogen-bond donors (Lipinski definition) is 1. The largest absolute Gasteiger partial charge is 0.484 e. The Morgan fingerprint density at radius 1 is 1.58 bits per heavy atom. The van der Waals surface area contributed by atoms with Crippen molar-refractivity contribution >= 4 is 11.6 Å². The second kappa shape index (κ2) is 5.66. The fourth-order valence-electron chi connectivity index (χ4n) is 1.94. The molecule has 1 aromatic rings. The number of nitrogens with two attached hydrogens (primary N) is 1. The first-order chi connectivity index (χ1) is 9.06. The first kappa shape index (κ1) is 13.3. The van der Waals surface area contributed by atoms with Crippen LogP contribution in [0.5, 0.6) is 5.75 Å². The first-order valence-electron chi connectivity index (χ1n) is 5.97. The minimum absolute atomic E-state index is 0.0294. The van der Waals surface area contributed by atoms with Crippen molar-refractivity contribution in [1.82, 2.24) is 4.90 Å². The van der Waals surface area contributed by atoms with E-state index in [9.17, 15) is 14.9 Å². The number of nitro benzene ring substituents is 1. The second-order valence-electron chi connectivity index (χ2n) is 4.43. The summed E-state index contributed by atoms with van der Waals surface area (Å²) >= 11 is 0. The molecule has 1 aromatic carbocycles. The molecule has 0 saturated carbocycles. The molecule has 1 fully saturated rings. The van der Waals surface area contributed by atoms with E-state index in [1.807, 2.05) is 0 Å². The van der Waals surface area contributed by atoms with Gasteiger partial charge in [-0.2, -0.15) is 0 Å². The molecule has 2 N–H and O–H groups in total. The molecule has 1 aliphatic rings. The number of carbonyl (C=O) groups is 1. The van der Waals surface area contributed by atoms with E-state index < -0.39 is 4.92 Å². The summed E-state index contributed by atoms with van der Waals surface area (Å²) in [6.07, 6.45) is 0.794. The Balaban J connectivity index is 1.90. The van der Waals surface area contributed by atoms with Gasteiger partial charge in [-0.25, -0.2) is 0 Å². The zero-order chi connectivity index (χ0) is 13.8. The van der Waals surface area contributed by atoms with Crippen molar-refractivity contribution in [2.24, 2.45) is 5.73 Å². The van der Waals surface area contributed by atoms with Crippen LogP contribution >= 0.6 is 0 Å². The number of nitro groups is 1. The quantitative estimate of drug-likeness (QED) is 0.632. The Hall–Kier alpha value is -2.15. The molecule has 7 nitrogen and oxygen atoms in total. The lowest BCUT2D eigenvalue weighted by atomic mass is 10.3. The number of likely N-dealkylation sites (tertiary alicyclic amines) is 1. The minimum Gasteiger partial charge on any atom is -0.484 e. The maximum atomic E-state index is 11.8. The SMILES string of the molecule is N[C@@H]1CCN(C(=O)COc2cccc([N+](=O)[O-])c2)C1. The van der Waals surface area contributed by atoms with Crippen LogP contribution in [0.2, 0.25) is 0 Å². The van der Waals surface area contributed by atoms with Gasteiger partial charge in [0.1, 0.15) is 5.75 Å². The molecule has 0 aromatic heterocycles. The molecular weight excluding hydrogens is 250 g/mol. The molecule has 7 heteroatoms. The van der Waals surface area contributed by atoms with E-state index in [4.69, 9.17) is 10.5 Å². The third-order valence-electron chi connectivity index (χ3n) is 2.97. The number of nitrogens with zero attached hydrogens (tertiary/aromatic N) is 2. The van der Waals surface area contributed by atoms with Crippen LogP contribution in [-0.4, -0.2) is 41.5 Å². The van der Waals surface area contributed by atoms with Gasteiger partial charge in [-0.15, -0.1) is 0 Å². The van der Waals surface area contributed by atoms with Gasteiger partial charge in [0.15, 0.2) is 6.61 Å². The molecule has 0 bridgehead atoms. The lowest BCUT2D eigenvalue weighted by Gasteiger charge is -2.15. The van der Waals surface area contributed by atoms with Crippen LogP contribution in [0.25, 0.3) is 0 Å². The highest BCUT2D eigenvalue weighted by atomic mass is 16.6. The number of rotatable bonds is 4. The Morgan fingerprint density at radius 3 is 3.00 bits per heavy atom. The summed E-state index contributed by atoms with van der Waals surface area (Å²) in [5, 5.41) is 10.6. The van der Waals surface area contributed by atoms with E-state index >= 15 is 0 Å². The zero-order valence-corrected chi connectivity index (χ0v) is 10.3. The number of hydrogen-bond acceptors (Lipinski definition) is 5. The van der Waals surface area contributed by atoms with Crippen molar-refractivity contribution in [2.45, 2.75) is 12.5 Å². The molecular formula is C12H15N3O4. The molecule has 1 aliphatic heterocycles. The molecule has 1 atom stereocenters. The van der Waals surface area contributed by atoms with E-state index in [0.29, 0.717) is 18.8 Å². The van der Waals surface area contributed by atoms with Crippen LogP contribution in [0, 0.1) is 10.1 Å². The average molecular weight is 265 g/mol. The number of ether oxygens (including phenoxy) is 1. The Bertz CT molecular complexity index is 492. The summed E-state index contributed by atoms with van der Waals surface area (Å²) in [4.78, 5) is 23.5. The normalized spacial score (nSPS) is 18.4. The third-order valence-corrected chi connectivity index (χ3v) is 2.97. The van der Waals surface area contributed by atoms with Crippen molar-refractivity contribution in [3.05, 3.63) is 34.4 Å². The lowest BCUT2D eigenvalue weighted by molar-refractivity contribution is -0.384. The molecule has 1 saturated heterocycles. The molecule has 19 heavy (non-hydrogen) atoms. The summed E-state index contributed by atoms with van der Waals surface area (Å²) in [5.74, 6) is 0.158. The van der Waals surface area contributed by atoms with Crippen molar-refractivity contribution in [3.8, 4) is 5.75 Å². The molecule has 0 spiro atoms. The fourth-order valence-corrected chi connectivity index (χ4v) is 1.94. The van der Waals surface area contributed by atoms with Gasteiger partial charge >= 0.3 is 0 Å². The van der Waals surface area contributed by atoms with Gasteiger partial charge in [0.25, 0.3) is 11.6 Å². The molecule has 0 radical (unpaired) electrons. The topological polar surface area (TPSA) is 98.7 Å². The third kappa shape index (κ3) is 3.41. The van der Waals surface area contributed by atoms with Crippen LogP contribution in [0.15, 0.2) is 24.3 Å². The number of non-ortho nitro benzene ring substituents is 1. The van der Waals surface area contributed by atoms with Gasteiger partial charge in [-0.3, -0.25) is 14.9 Å². The van der Waals surface area contributed by atoms with Gasteiger partial charge in [0, 0.05) is 25.2 Å². The summed E-state index contributed by atoms with van der Waals surface area (Å²) < 4.78 is 5.27. The number of amides is 1. The Kier molecular flexibility index (Phi) is 3.96. The Morgan fingerprint density at radius 2 is 2.37 bits per heavy atom. The van der Waals surface area contributed by atoms with E-state index in [1.54, 1.807) is 11.0 Å². The van der Waals surface area contributed by atoms with E-state index in [0.717, 1.165) is 6.42 Å². The van der Waals surface area contributed by atoms with Gasteiger partial charge in [0.05, 0.1) is 11.0 Å². The standard InChI is InChI=1S/C12H15N3O4/c13-9-4-5-14(7-9)12(16)8-19-11-3-1-2-10(6-11)15(17)18/h1-3,6,9H,4-5,7-8,13H2/t9-/m1/s1. The molecule has 0 aliphatic carbocycles. The highest BCUT2D eigenvalue weighted by Gasteiger charge is 2.23. The van der Waals surface area contributed by atoms with Gasteiger partial charge < -0.3 is 15.4 Å². The van der Waals surface area contributed by atoms with E-state index in [1.165, 1.54) is 18.2 Å². The predicted octanol–water partition coefficient (Wildman–Crippen LogP) is 0.533. The van der Waals surface area contributed by atoms with Crippen molar-refractivity contribution < 1.29 is 14.5 Å². The van der Waals surface area contributed by atoms with Gasteiger partial charge in [-0.05, 0) is 12.5 Å². The van der Waals surface area contributed by atoms with Gasteiger partial charge in [0.2, 0.25) is 0 Å². The maximum absolute atomic E-state index is 11.8. The predicted molar refractivity (Wildman–Crippen MR) is 67.8 cm³/mol. The van der Waals surface area contributed by atoms with Crippen LogP contribution in [0.1, 0.15) is 6.42 Å². The number of carbonyl (C=O) groups excluding carboxylic acids is 1. The molecule has 1 amide bonds. The first-order valence-corrected chi connectivity index (χ1v) is 5.97.